The van der Waals surface area contributed by atoms with Crippen molar-refractivity contribution in [3.63, 3.8) is 0 Å². The van der Waals surface area contributed by atoms with E-state index in [-0.39, 0.29) is 57.1 Å². The van der Waals surface area contributed by atoms with Crippen molar-refractivity contribution in [2.75, 3.05) is 0 Å². The Morgan fingerprint density at radius 3 is 1.45 bits per heavy atom. The SMILES string of the molecule is Oc1ccccc1-c1nc2ccccc2s1.Oc1ccccc1-c1nc2ccccc2s1.[3H][B]PB([3H])P.[Zn].[Zn]. The van der Waals surface area contributed by atoms with Gasteiger partial charge in [-0.2, -0.15) is 17.5 Å². The van der Waals surface area contributed by atoms with Gasteiger partial charge >= 0.3 is 0 Å². The number of hydrogen-bond acceptors (Lipinski definition) is 6. The molecule has 6 aromatic rings. The molecular formula is C26H23B2N2O2P2S2Zn2. The van der Waals surface area contributed by atoms with Crippen LogP contribution in [0.2, 0.25) is 0 Å². The van der Waals surface area contributed by atoms with E-state index < -0.39 is 0 Å². The Labute approximate surface area is 264 Å². The molecule has 0 fully saturated rings. The van der Waals surface area contributed by atoms with E-state index in [4.69, 9.17) is 2.67 Å². The van der Waals surface area contributed by atoms with Crippen LogP contribution in [0.5, 0.6) is 11.5 Å². The Morgan fingerprint density at radius 1 is 0.711 bits per heavy atom. The summed E-state index contributed by atoms with van der Waals surface area (Å²) < 4.78 is 15.6. The van der Waals surface area contributed by atoms with Gasteiger partial charge in [-0.05, 0) is 51.2 Å². The van der Waals surface area contributed by atoms with Gasteiger partial charge in [0.05, 0.1) is 31.6 Å². The molecule has 38 heavy (non-hydrogen) atoms. The average molecular weight is 678 g/mol. The average Bonchev–Trinajstić information content (AvgIpc) is 3.54. The van der Waals surface area contributed by atoms with E-state index in [2.05, 4.69) is 19.1 Å². The van der Waals surface area contributed by atoms with Crippen molar-refractivity contribution in [3.8, 4) is 32.6 Å². The van der Waals surface area contributed by atoms with E-state index in [1.54, 1.807) is 34.8 Å². The normalized spacial score (nSPS) is 10.7. The Balaban J connectivity index is 0.000000225. The number of nitrogens with zero attached hydrogens (tertiary/aromatic N) is 2. The Kier molecular flexibility index (Phi) is 12.9. The van der Waals surface area contributed by atoms with Crippen LogP contribution in [0.1, 0.15) is 0 Å². The molecular weight excluding hydrogens is 651 g/mol. The summed E-state index contributed by atoms with van der Waals surface area (Å²) in [5, 5.41) is 21.2. The first-order valence-electron chi connectivity index (χ1n) is 12.0. The number of aromatic hydroxyl groups is 2. The third-order valence-electron chi connectivity index (χ3n) is 4.95. The molecule has 2 atom stereocenters. The fraction of sp³-hybridized carbons (Fsp3) is 0. The fourth-order valence-electron chi connectivity index (χ4n) is 3.28. The number of phenolic OH excluding ortho intramolecular Hbond substituents is 2. The van der Waals surface area contributed by atoms with E-state index in [0.717, 1.165) is 41.6 Å². The second-order valence-corrected chi connectivity index (χ2v) is 11.1. The predicted octanol–water partition coefficient (Wildman–Crippen LogP) is 6.96. The van der Waals surface area contributed by atoms with Crippen molar-refractivity contribution in [1.82, 2.24) is 9.97 Å². The second-order valence-electron chi connectivity index (χ2n) is 7.34. The number of fused-ring (bicyclic) bond motifs is 2. The third-order valence-corrected chi connectivity index (χ3v) is 7.86. The number of phenols is 2. The largest absolute Gasteiger partial charge is 0.507 e. The molecule has 0 saturated heterocycles. The summed E-state index contributed by atoms with van der Waals surface area (Å²) >= 11 is 3.19. The van der Waals surface area contributed by atoms with Gasteiger partial charge in [0.15, 0.2) is 6.68 Å². The van der Waals surface area contributed by atoms with E-state index in [9.17, 15) is 10.2 Å². The van der Waals surface area contributed by atoms with Gasteiger partial charge in [-0.15, -0.1) is 22.7 Å². The van der Waals surface area contributed by atoms with Crippen LogP contribution in [0, 0.1) is 0 Å². The first kappa shape index (κ1) is 29.5. The maximum Gasteiger partial charge on any atom is 0.162 e. The number of aromatic nitrogens is 2. The fourth-order valence-corrected chi connectivity index (χ4v) is 5.28. The number of thiazole rings is 2. The number of benzene rings is 4. The molecule has 0 amide bonds. The van der Waals surface area contributed by atoms with Gasteiger partial charge in [0.1, 0.15) is 29.0 Å². The Morgan fingerprint density at radius 2 is 1.11 bits per heavy atom. The standard InChI is InChI=1S/2C13H9NOS.B2H5P2.2Zn/c2*15-11-7-3-1-5-9(11)13-14-10-6-2-4-8-12(10)16-13;1-4-2-3;;/h2*1-8,15H;1-2,4H,3H2;;/i;;1T,2T;;. The van der Waals surface area contributed by atoms with E-state index >= 15 is 0 Å². The van der Waals surface area contributed by atoms with Crippen LogP contribution in [0.4, 0.5) is 0 Å². The summed E-state index contributed by atoms with van der Waals surface area (Å²) in [7, 11) is 3.92. The summed E-state index contributed by atoms with van der Waals surface area (Å²) in [6, 6.07) is 30.5. The van der Waals surface area contributed by atoms with Crippen LogP contribution in [0.15, 0.2) is 97.1 Å². The number of para-hydroxylation sites is 4. The molecule has 2 N–H and O–H groups in total. The predicted molar refractivity (Wildman–Crippen MR) is 166 cm³/mol. The molecule has 2 aromatic heterocycles. The van der Waals surface area contributed by atoms with Gasteiger partial charge in [0.2, 0.25) is 0 Å². The summed E-state index contributed by atoms with van der Waals surface area (Å²) in [6.45, 7) is -0.150. The van der Waals surface area contributed by atoms with Crippen molar-refractivity contribution in [3.05, 3.63) is 97.1 Å². The molecule has 4 nitrogen and oxygen atoms in total. The molecule has 0 aliphatic carbocycles. The van der Waals surface area contributed by atoms with Gasteiger partial charge in [0, 0.05) is 39.0 Å². The zero-order valence-corrected chi connectivity index (χ0v) is 30.2. The third kappa shape index (κ3) is 8.50. The van der Waals surface area contributed by atoms with Gasteiger partial charge in [-0.3, -0.25) is 0 Å². The topological polar surface area (TPSA) is 66.2 Å². The van der Waals surface area contributed by atoms with E-state index in [1.807, 2.05) is 84.9 Å². The van der Waals surface area contributed by atoms with Crippen molar-refractivity contribution >= 4 is 74.8 Å². The quantitative estimate of drug-likeness (QED) is 0.157. The molecule has 181 valence electrons. The Bertz CT molecular complexity index is 1470. The van der Waals surface area contributed by atoms with Gasteiger partial charge in [-0.25, -0.2) is 9.97 Å². The number of rotatable bonds is 4. The van der Waals surface area contributed by atoms with Crippen LogP contribution < -0.4 is 0 Å². The molecule has 0 saturated carbocycles. The molecule has 12 heteroatoms. The van der Waals surface area contributed by atoms with Crippen LogP contribution in [0.25, 0.3) is 41.6 Å². The molecule has 4 aromatic carbocycles. The van der Waals surface area contributed by atoms with Crippen LogP contribution in [-0.4, -0.2) is 37.1 Å². The molecule has 2 unspecified atom stereocenters. The smallest absolute Gasteiger partial charge is 0.162 e. The number of hydrogen-bond donors (Lipinski definition) is 2. The minimum atomic E-state index is -0.150. The summed E-state index contributed by atoms with van der Waals surface area (Å²) in [5.74, 6) is 0.558. The molecule has 0 spiro atoms. The first-order chi connectivity index (χ1) is 18.5. The van der Waals surface area contributed by atoms with Gasteiger partial charge < -0.3 is 10.2 Å². The molecule has 6 rings (SSSR count). The summed E-state index contributed by atoms with van der Waals surface area (Å²) in [4.78, 5) is 9.00. The molecule has 2 heterocycles. The van der Waals surface area contributed by atoms with Gasteiger partial charge in [0.25, 0.3) is 0 Å². The van der Waals surface area contributed by atoms with Crippen molar-refractivity contribution in [1.29, 1.82) is 2.67 Å². The monoisotopic (exact) mass is 675 g/mol. The maximum atomic E-state index is 9.76. The van der Waals surface area contributed by atoms with Crippen molar-refractivity contribution in [2.24, 2.45) is 0 Å². The molecule has 0 bridgehead atoms. The summed E-state index contributed by atoms with van der Waals surface area (Å²) in [5.41, 5.74) is 3.55. The van der Waals surface area contributed by atoms with Crippen LogP contribution in [0.3, 0.4) is 0 Å². The second kappa shape index (κ2) is 16.6. The Hall–Kier alpha value is -1.50. The minimum absolute atomic E-state index is 0. The van der Waals surface area contributed by atoms with Crippen molar-refractivity contribution in [2.45, 2.75) is 0 Å². The van der Waals surface area contributed by atoms with Crippen LogP contribution in [-0.2, 0) is 39.0 Å². The first-order valence-corrected chi connectivity index (χ1v) is 14.3. The van der Waals surface area contributed by atoms with Crippen molar-refractivity contribution < 1.29 is 49.2 Å². The van der Waals surface area contributed by atoms with E-state index in [0.29, 0.717) is 8.34 Å². The van der Waals surface area contributed by atoms with Gasteiger partial charge in [-0.1, -0.05) is 48.5 Å². The van der Waals surface area contributed by atoms with Crippen LogP contribution >= 0.6 is 40.1 Å². The summed E-state index contributed by atoms with van der Waals surface area (Å²) in [6.07, 6.45) is 0. The zero-order valence-electron chi connectivity index (χ0n) is 22.5. The molecule has 0 aliphatic heterocycles. The minimum Gasteiger partial charge on any atom is -0.507 e. The van der Waals surface area contributed by atoms with E-state index in [1.165, 1.54) is 7.53 Å². The zero-order chi connectivity index (χ0) is 26.9. The molecule has 0 aliphatic rings. The molecule has 1 radical (unpaired) electrons. The maximum absolute atomic E-state index is 9.76.